The van der Waals surface area contributed by atoms with Crippen molar-refractivity contribution in [3.63, 3.8) is 0 Å². The van der Waals surface area contributed by atoms with Gasteiger partial charge in [0.1, 0.15) is 11.4 Å². The van der Waals surface area contributed by atoms with E-state index >= 15 is 0 Å². The smallest absolute Gasteiger partial charge is 0.308 e. The van der Waals surface area contributed by atoms with Gasteiger partial charge in [0.15, 0.2) is 0 Å². The lowest BCUT2D eigenvalue weighted by Gasteiger charge is -2.21. The number of aliphatic hydroxyl groups is 2. The summed E-state index contributed by atoms with van der Waals surface area (Å²) in [4.78, 5) is 20.6. The van der Waals surface area contributed by atoms with Crippen LogP contribution in [0.4, 0.5) is 10.3 Å². The van der Waals surface area contributed by atoms with Crippen LogP contribution in [0.1, 0.15) is 64.6 Å². The molecule has 1 heterocycles. The van der Waals surface area contributed by atoms with Crippen LogP contribution in [0.5, 0.6) is 0 Å². The summed E-state index contributed by atoms with van der Waals surface area (Å²) in [5.74, 6) is -1.32. The van der Waals surface area contributed by atoms with Crippen molar-refractivity contribution in [3.05, 3.63) is 47.4 Å². The first-order valence-electron chi connectivity index (χ1n) is 11.5. The summed E-state index contributed by atoms with van der Waals surface area (Å²) in [5, 5.41) is 20.7. The van der Waals surface area contributed by atoms with Gasteiger partial charge in [0, 0.05) is 17.5 Å². The lowest BCUT2D eigenvalue weighted by atomic mass is 9.97. The van der Waals surface area contributed by atoms with Crippen LogP contribution in [0.2, 0.25) is 0 Å². The highest BCUT2D eigenvalue weighted by molar-refractivity contribution is 7.91. The summed E-state index contributed by atoms with van der Waals surface area (Å²) < 4.78 is 44.6. The van der Waals surface area contributed by atoms with Gasteiger partial charge in [0.25, 0.3) is 0 Å². The highest BCUT2D eigenvalue weighted by Crippen LogP contribution is 2.31. The molecule has 0 bridgehead atoms. The standard InChI is InChI=1S/C25H34FN3O6S/c1-15(2)22-20(12-11-18(30)13-19(31)14-21(32)35-25(3,4)5)23(16-7-9-17(26)10-8-16)28-24(27-22)29-36(6,33)34/h7-12,15,18-19,30-31H,13-14H2,1-6H3,(H,27,28,29)/t18-,19-/m1/s1. The predicted octanol–water partition coefficient (Wildman–Crippen LogP) is 3.63. The minimum Gasteiger partial charge on any atom is -0.460 e. The second-order valence-corrected chi connectivity index (χ2v) is 11.6. The third-order valence-corrected chi connectivity index (χ3v) is 5.29. The number of ether oxygens (including phenoxy) is 1. The normalized spacial score (nSPS) is 14.2. The quantitative estimate of drug-likeness (QED) is 0.401. The van der Waals surface area contributed by atoms with Crippen LogP contribution < -0.4 is 4.72 Å². The van der Waals surface area contributed by atoms with Crippen molar-refractivity contribution in [1.29, 1.82) is 0 Å². The molecule has 0 saturated carbocycles. The maximum atomic E-state index is 13.5. The number of nitrogens with zero attached hydrogens (tertiary/aromatic N) is 2. The van der Waals surface area contributed by atoms with E-state index in [1.807, 2.05) is 13.8 Å². The summed E-state index contributed by atoms with van der Waals surface area (Å²) in [6, 6.07) is 5.52. The van der Waals surface area contributed by atoms with Crippen LogP contribution in [0.3, 0.4) is 0 Å². The van der Waals surface area contributed by atoms with Crippen LogP contribution in [0.15, 0.2) is 30.3 Å². The molecule has 2 aromatic rings. The van der Waals surface area contributed by atoms with Crippen molar-refractivity contribution in [2.45, 2.75) is 71.2 Å². The van der Waals surface area contributed by atoms with Crippen molar-refractivity contribution in [1.82, 2.24) is 9.97 Å². The van der Waals surface area contributed by atoms with Crippen LogP contribution in [0.25, 0.3) is 17.3 Å². The molecule has 1 aromatic carbocycles. The number of rotatable bonds is 10. The number of esters is 1. The number of hydrogen-bond donors (Lipinski definition) is 3. The lowest BCUT2D eigenvalue weighted by Crippen LogP contribution is -2.27. The predicted molar refractivity (Wildman–Crippen MR) is 136 cm³/mol. The van der Waals surface area contributed by atoms with Crippen LogP contribution >= 0.6 is 0 Å². The molecule has 0 amide bonds. The molecule has 2 atom stereocenters. The van der Waals surface area contributed by atoms with Crippen molar-refractivity contribution in [2.24, 2.45) is 0 Å². The van der Waals surface area contributed by atoms with Crippen molar-refractivity contribution < 1.29 is 32.6 Å². The SMILES string of the molecule is CC(C)c1nc(NS(C)(=O)=O)nc(-c2ccc(F)cc2)c1C=C[C@@H](O)C[C@@H](O)CC(=O)OC(C)(C)C. The Morgan fingerprint density at radius 3 is 2.31 bits per heavy atom. The van der Waals surface area contributed by atoms with E-state index in [1.54, 1.807) is 26.8 Å². The topological polar surface area (TPSA) is 139 Å². The third-order valence-electron chi connectivity index (χ3n) is 4.74. The molecule has 0 spiro atoms. The molecule has 9 nitrogen and oxygen atoms in total. The van der Waals surface area contributed by atoms with Gasteiger partial charge in [-0.05, 0) is 51.0 Å². The maximum absolute atomic E-state index is 13.5. The largest absolute Gasteiger partial charge is 0.460 e. The highest BCUT2D eigenvalue weighted by Gasteiger charge is 2.22. The summed E-state index contributed by atoms with van der Waals surface area (Å²) in [5.41, 5.74) is 1.15. The van der Waals surface area contributed by atoms with Gasteiger partial charge in [0.05, 0.1) is 36.3 Å². The Morgan fingerprint density at radius 1 is 1.17 bits per heavy atom. The summed E-state index contributed by atoms with van der Waals surface area (Å²) in [6.45, 7) is 8.88. The zero-order chi connectivity index (χ0) is 27.3. The number of aliphatic hydroxyl groups excluding tert-OH is 2. The van der Waals surface area contributed by atoms with Gasteiger partial charge in [-0.1, -0.05) is 26.0 Å². The highest BCUT2D eigenvalue weighted by atomic mass is 32.2. The fourth-order valence-electron chi connectivity index (χ4n) is 3.35. The Labute approximate surface area is 211 Å². The number of halogens is 1. The molecule has 36 heavy (non-hydrogen) atoms. The number of benzene rings is 1. The first-order chi connectivity index (χ1) is 16.5. The average Bonchev–Trinajstić information content (AvgIpc) is 2.69. The van der Waals surface area contributed by atoms with Gasteiger partial charge >= 0.3 is 5.97 Å². The van der Waals surface area contributed by atoms with Crippen molar-refractivity contribution >= 4 is 28.0 Å². The fraction of sp³-hybridized carbons (Fsp3) is 0.480. The molecular weight excluding hydrogens is 489 g/mol. The molecule has 1 aromatic heterocycles. The molecule has 0 radical (unpaired) electrons. The Balaban J connectivity index is 2.40. The molecular formula is C25H34FN3O6S. The number of carbonyl (C=O) groups excluding carboxylic acids is 1. The minimum absolute atomic E-state index is 0.118. The molecule has 3 N–H and O–H groups in total. The van der Waals surface area contributed by atoms with E-state index in [1.165, 1.54) is 30.3 Å². The Hall–Kier alpha value is -2.89. The number of sulfonamides is 1. The zero-order valence-corrected chi connectivity index (χ0v) is 22.1. The number of aromatic nitrogens is 2. The molecule has 0 aliphatic heterocycles. The Morgan fingerprint density at radius 2 is 1.78 bits per heavy atom. The summed E-state index contributed by atoms with van der Waals surface area (Å²) in [7, 11) is -3.66. The van der Waals surface area contributed by atoms with Crippen molar-refractivity contribution in [2.75, 3.05) is 11.0 Å². The van der Waals surface area contributed by atoms with E-state index in [9.17, 15) is 27.8 Å². The summed E-state index contributed by atoms with van der Waals surface area (Å²) in [6.07, 6.45) is 1.36. The van der Waals surface area contributed by atoms with E-state index in [0.717, 1.165) is 6.26 Å². The average molecular weight is 524 g/mol. The molecule has 2 rings (SSSR count). The number of anilines is 1. The molecule has 198 valence electrons. The summed E-state index contributed by atoms with van der Waals surface area (Å²) >= 11 is 0. The number of hydrogen-bond acceptors (Lipinski definition) is 8. The fourth-order valence-corrected chi connectivity index (χ4v) is 3.78. The van der Waals surface area contributed by atoms with Gasteiger partial charge in [-0.15, -0.1) is 0 Å². The van der Waals surface area contributed by atoms with Gasteiger partial charge in [-0.3, -0.25) is 9.52 Å². The Bertz CT molecular complexity index is 1190. The van der Waals surface area contributed by atoms with E-state index in [2.05, 4.69) is 14.7 Å². The number of carbonyl (C=O) groups is 1. The van der Waals surface area contributed by atoms with Gasteiger partial charge in [-0.25, -0.2) is 22.8 Å². The van der Waals surface area contributed by atoms with E-state index in [-0.39, 0.29) is 24.7 Å². The van der Waals surface area contributed by atoms with Gasteiger partial charge in [0.2, 0.25) is 16.0 Å². The molecule has 0 aliphatic rings. The Kier molecular flexibility index (Phi) is 9.70. The first-order valence-corrected chi connectivity index (χ1v) is 13.3. The molecule has 0 saturated heterocycles. The first kappa shape index (κ1) is 29.3. The van der Waals surface area contributed by atoms with E-state index in [0.29, 0.717) is 22.5 Å². The van der Waals surface area contributed by atoms with Crippen LogP contribution in [-0.4, -0.2) is 58.6 Å². The van der Waals surface area contributed by atoms with Crippen molar-refractivity contribution in [3.8, 4) is 11.3 Å². The maximum Gasteiger partial charge on any atom is 0.308 e. The lowest BCUT2D eigenvalue weighted by molar-refractivity contribution is -0.157. The minimum atomic E-state index is -3.66. The third kappa shape index (κ3) is 9.63. The molecule has 11 heteroatoms. The number of nitrogens with one attached hydrogen (secondary N) is 1. The zero-order valence-electron chi connectivity index (χ0n) is 21.3. The van der Waals surface area contributed by atoms with E-state index < -0.39 is 39.6 Å². The molecule has 0 fully saturated rings. The molecule has 0 unspecified atom stereocenters. The monoisotopic (exact) mass is 523 g/mol. The van der Waals surface area contributed by atoms with Gasteiger partial charge in [-0.2, -0.15) is 0 Å². The van der Waals surface area contributed by atoms with Crippen LogP contribution in [-0.2, 0) is 19.6 Å². The second kappa shape index (κ2) is 11.9. The molecule has 0 aliphatic carbocycles. The second-order valence-electron chi connectivity index (χ2n) is 9.84. The van der Waals surface area contributed by atoms with Crippen LogP contribution in [0, 0.1) is 5.82 Å². The van der Waals surface area contributed by atoms with E-state index in [4.69, 9.17) is 4.74 Å². The van der Waals surface area contributed by atoms with Gasteiger partial charge < -0.3 is 14.9 Å².